The second-order valence-electron chi connectivity index (χ2n) is 6.69. The largest absolute Gasteiger partial charge is 0.452 e. The number of halogens is 1. The van der Waals surface area contributed by atoms with E-state index in [4.69, 9.17) is 15.9 Å². The number of rotatable bonds is 4. The second-order valence-corrected chi connectivity index (χ2v) is 6.69. The van der Waals surface area contributed by atoms with E-state index in [9.17, 15) is 24.2 Å². The fourth-order valence-corrected chi connectivity index (χ4v) is 3.33. The van der Waals surface area contributed by atoms with Gasteiger partial charge in [0.1, 0.15) is 12.3 Å². The topological polar surface area (TPSA) is 149 Å². The molecule has 2 aliphatic heterocycles. The maximum absolute atomic E-state index is 14.0. The van der Waals surface area contributed by atoms with Crippen molar-refractivity contribution in [1.82, 2.24) is 19.5 Å². The molecule has 0 bridgehead atoms. The van der Waals surface area contributed by atoms with Gasteiger partial charge in [-0.1, -0.05) is 5.92 Å². The molecule has 3 N–H and O–H groups in total. The van der Waals surface area contributed by atoms with E-state index in [0.717, 1.165) is 0 Å². The van der Waals surface area contributed by atoms with Crippen molar-refractivity contribution in [2.75, 3.05) is 11.9 Å². The van der Waals surface area contributed by atoms with Crippen LogP contribution < -0.4 is 5.32 Å². The number of nitrogens with zero attached hydrogens (tertiary/aromatic N) is 4. The maximum atomic E-state index is 14.0. The normalized spacial score (nSPS) is 29.0. The first-order chi connectivity index (χ1) is 13.9. The number of imidazole rings is 1. The van der Waals surface area contributed by atoms with Gasteiger partial charge in [0.25, 0.3) is 5.91 Å². The minimum absolute atomic E-state index is 0.00155. The summed E-state index contributed by atoms with van der Waals surface area (Å²) >= 11 is 0. The molecule has 152 valence electrons. The number of nitrogens with one attached hydrogen (secondary N) is 1. The van der Waals surface area contributed by atoms with Gasteiger partial charge in [0, 0.05) is 19.3 Å². The van der Waals surface area contributed by atoms with Gasteiger partial charge in [0.2, 0.25) is 0 Å². The summed E-state index contributed by atoms with van der Waals surface area (Å²) in [6.07, 6.45) is 2.80. The Bertz CT molecular complexity index is 1040. The lowest BCUT2D eigenvalue weighted by molar-refractivity contribution is -0.146. The lowest BCUT2D eigenvalue weighted by Gasteiger charge is -2.23. The summed E-state index contributed by atoms with van der Waals surface area (Å²) in [6.45, 7) is -0.613. The van der Waals surface area contributed by atoms with Crippen LogP contribution in [0.1, 0.15) is 25.5 Å². The molecule has 1 amide bonds. The van der Waals surface area contributed by atoms with Crippen LogP contribution in [0.3, 0.4) is 0 Å². The molecule has 12 heteroatoms. The van der Waals surface area contributed by atoms with Gasteiger partial charge in [-0.05, 0) is 0 Å². The Hall–Kier alpha value is -3.14. The van der Waals surface area contributed by atoms with Crippen LogP contribution >= 0.6 is 0 Å². The molecule has 2 aromatic heterocycles. The Morgan fingerprint density at radius 1 is 1.52 bits per heavy atom. The number of terminal acetylenes is 1. The number of carbonyl (C=O) groups excluding carboxylic acids is 2. The van der Waals surface area contributed by atoms with E-state index in [2.05, 4.69) is 26.2 Å². The number of carbonyl (C=O) groups is 2. The summed E-state index contributed by atoms with van der Waals surface area (Å²) in [6, 6.07) is 0. The summed E-state index contributed by atoms with van der Waals surface area (Å²) in [5.41, 5.74) is -1.56. The molecule has 29 heavy (non-hydrogen) atoms. The van der Waals surface area contributed by atoms with Gasteiger partial charge in [-0.25, -0.2) is 4.98 Å². The molecule has 0 aromatic carbocycles. The molecule has 2 aliphatic rings. The first-order valence-corrected chi connectivity index (χ1v) is 8.72. The number of esters is 1. The number of cyclic esters (lactones) is 1. The number of hydrogen-bond donors (Lipinski definition) is 3. The van der Waals surface area contributed by atoms with E-state index in [1.807, 2.05) is 0 Å². The molecule has 0 radical (unpaired) electrons. The van der Waals surface area contributed by atoms with Crippen molar-refractivity contribution in [3.05, 3.63) is 12.4 Å². The van der Waals surface area contributed by atoms with Crippen molar-refractivity contribution in [1.29, 1.82) is 0 Å². The quantitative estimate of drug-likeness (QED) is 0.339. The average molecular weight is 405 g/mol. The third-order valence-corrected chi connectivity index (χ3v) is 4.91. The summed E-state index contributed by atoms with van der Waals surface area (Å²) in [4.78, 5) is 34.8. The van der Waals surface area contributed by atoms with Gasteiger partial charge in [0.05, 0.1) is 12.9 Å². The van der Waals surface area contributed by atoms with Gasteiger partial charge in [-0.15, -0.1) is 6.42 Å². The minimum Gasteiger partial charge on any atom is -0.452 e. The fourth-order valence-electron chi connectivity index (χ4n) is 3.33. The Morgan fingerprint density at radius 3 is 2.93 bits per heavy atom. The van der Waals surface area contributed by atoms with Crippen LogP contribution in [0.15, 0.2) is 6.33 Å². The average Bonchev–Trinajstić information content (AvgIpc) is 3.38. The monoisotopic (exact) mass is 405 g/mol. The van der Waals surface area contributed by atoms with Crippen molar-refractivity contribution in [2.45, 2.75) is 43.3 Å². The Balaban J connectivity index is 1.65. The number of aliphatic hydroxyl groups excluding tert-OH is 2. The number of aliphatic hydroxyl groups is 2. The molecule has 4 atom stereocenters. The summed E-state index contributed by atoms with van der Waals surface area (Å²) in [7, 11) is 0. The molecule has 4 rings (SSSR count). The Morgan fingerprint density at radius 2 is 2.31 bits per heavy atom. The number of anilines is 1. The number of aromatic nitrogens is 4. The molecule has 0 unspecified atom stereocenters. The van der Waals surface area contributed by atoms with Crippen molar-refractivity contribution in [3.63, 3.8) is 0 Å². The molecule has 2 fully saturated rings. The third kappa shape index (κ3) is 3.19. The van der Waals surface area contributed by atoms with Gasteiger partial charge < -0.3 is 25.0 Å². The van der Waals surface area contributed by atoms with Crippen LogP contribution in [0.5, 0.6) is 0 Å². The smallest absolute Gasteiger partial charge is 0.312 e. The lowest BCUT2D eigenvalue weighted by atomic mass is 9.99. The summed E-state index contributed by atoms with van der Waals surface area (Å²) in [5.74, 6) is 0.877. The van der Waals surface area contributed by atoms with Crippen LogP contribution in [0.25, 0.3) is 11.2 Å². The van der Waals surface area contributed by atoms with Crippen molar-refractivity contribution in [2.24, 2.45) is 0 Å². The molecule has 0 saturated carbocycles. The van der Waals surface area contributed by atoms with Gasteiger partial charge in [-0.3, -0.25) is 14.2 Å². The van der Waals surface area contributed by atoms with Crippen LogP contribution in [-0.2, 0) is 19.1 Å². The van der Waals surface area contributed by atoms with Crippen LogP contribution in [0.2, 0.25) is 0 Å². The van der Waals surface area contributed by atoms with Gasteiger partial charge in [0.15, 0.2) is 28.7 Å². The molecular formula is C17H16FN5O6. The predicted octanol–water partition coefficient (Wildman–Crippen LogP) is -0.746. The second kappa shape index (κ2) is 7.03. The number of hydrogen-bond acceptors (Lipinski definition) is 9. The van der Waals surface area contributed by atoms with Crippen LogP contribution in [-0.4, -0.2) is 66.0 Å². The molecule has 2 aromatic rings. The highest BCUT2D eigenvalue weighted by molar-refractivity contribution is 6.00. The molecule has 0 spiro atoms. The highest BCUT2D eigenvalue weighted by atomic mass is 19.1. The van der Waals surface area contributed by atoms with Crippen LogP contribution in [0.4, 0.5) is 10.2 Å². The zero-order valence-electron chi connectivity index (χ0n) is 14.9. The first kappa shape index (κ1) is 19.2. The van der Waals surface area contributed by atoms with E-state index in [-0.39, 0.29) is 36.2 Å². The molecule has 4 heterocycles. The van der Waals surface area contributed by atoms with E-state index >= 15 is 0 Å². The minimum atomic E-state index is -1.60. The summed E-state index contributed by atoms with van der Waals surface area (Å²) < 4.78 is 25.9. The van der Waals surface area contributed by atoms with Crippen molar-refractivity contribution in [3.8, 4) is 12.3 Å². The lowest BCUT2D eigenvalue weighted by Crippen LogP contribution is -2.41. The zero-order valence-corrected chi connectivity index (χ0v) is 14.9. The van der Waals surface area contributed by atoms with E-state index in [0.29, 0.717) is 0 Å². The SMILES string of the molecule is C#C[C@]1(CO)O[C@@H](n2cnc3c(NC(=O)[C@H]4CCC(=O)O4)nc(F)nc32)C[C@@H]1O. The zero-order chi connectivity index (χ0) is 20.8. The Kier molecular flexibility index (Phi) is 4.65. The molecule has 0 aliphatic carbocycles. The third-order valence-electron chi connectivity index (χ3n) is 4.91. The Labute approximate surface area is 162 Å². The number of ether oxygens (including phenoxy) is 2. The first-order valence-electron chi connectivity index (χ1n) is 8.72. The standard InChI is InChI=1S/C17H16FN5O6/c1-2-17(6-24)9(25)5-10(29-17)23-7-19-12-13(21-16(18)22-14(12)23)20-15(27)8-3-4-11(26)28-8/h1,7-10,24-25H,3-6H2,(H,20,21,22,27)/t8-,9+,10-,17-/m1/s1. The highest BCUT2D eigenvalue weighted by Gasteiger charge is 2.48. The van der Waals surface area contributed by atoms with Gasteiger partial charge in [-0.2, -0.15) is 14.4 Å². The van der Waals surface area contributed by atoms with E-state index < -0.39 is 48.6 Å². The molecule has 11 nitrogen and oxygen atoms in total. The fraction of sp³-hybridized carbons (Fsp3) is 0.471. The molecular weight excluding hydrogens is 389 g/mol. The number of amides is 1. The van der Waals surface area contributed by atoms with E-state index in [1.165, 1.54) is 10.9 Å². The maximum Gasteiger partial charge on any atom is 0.312 e. The molecule has 2 saturated heterocycles. The van der Waals surface area contributed by atoms with Gasteiger partial charge >= 0.3 is 12.0 Å². The highest BCUT2D eigenvalue weighted by Crippen LogP contribution is 2.37. The van der Waals surface area contributed by atoms with Crippen molar-refractivity contribution >= 4 is 28.9 Å². The van der Waals surface area contributed by atoms with Crippen LogP contribution in [0, 0.1) is 18.4 Å². The number of fused-ring (bicyclic) bond motifs is 1. The predicted molar refractivity (Wildman–Crippen MR) is 92.4 cm³/mol. The summed E-state index contributed by atoms with van der Waals surface area (Å²) in [5, 5.41) is 22.1. The van der Waals surface area contributed by atoms with E-state index in [1.54, 1.807) is 0 Å². The van der Waals surface area contributed by atoms with Crippen molar-refractivity contribution < 1.29 is 33.7 Å².